The molecule has 3 rings (SSSR count). The van der Waals surface area contributed by atoms with E-state index in [-0.39, 0.29) is 5.97 Å². The quantitative estimate of drug-likeness (QED) is 0.425. The predicted octanol–water partition coefficient (Wildman–Crippen LogP) is 5.78. The van der Waals surface area contributed by atoms with Gasteiger partial charge in [0.1, 0.15) is 5.75 Å². The smallest absolute Gasteiger partial charge is 0.350 e. The largest absolute Gasteiger partial charge is 0.476 e. The molecule has 0 fully saturated rings. The highest BCUT2D eigenvalue weighted by molar-refractivity contribution is 5.80. The minimum absolute atomic E-state index is 0.322. The summed E-state index contributed by atoms with van der Waals surface area (Å²) in [5, 5.41) is 0. The standard InChI is InChI=1S/C27H30O3/c1-4-21-12-9-13-24(18-21)20-27(3,26(28)29-5-2)30-25-16-14-23(15-17-25)19-22-10-7-6-8-11-22/h6-18H,4-5,19-20H2,1-3H3. The van der Waals surface area contributed by atoms with Crippen LogP contribution in [0.3, 0.4) is 0 Å². The van der Waals surface area contributed by atoms with Crippen LogP contribution in [-0.2, 0) is 28.8 Å². The van der Waals surface area contributed by atoms with Crippen LogP contribution in [0.5, 0.6) is 5.75 Å². The highest BCUT2D eigenvalue weighted by atomic mass is 16.6. The Kier molecular flexibility index (Phi) is 7.29. The Hall–Kier alpha value is -3.07. The van der Waals surface area contributed by atoms with Crippen molar-refractivity contribution in [2.24, 2.45) is 0 Å². The molecule has 3 nitrogen and oxygen atoms in total. The van der Waals surface area contributed by atoms with Crippen molar-refractivity contribution >= 4 is 5.97 Å². The first-order valence-corrected chi connectivity index (χ1v) is 10.6. The van der Waals surface area contributed by atoms with Gasteiger partial charge in [0, 0.05) is 6.42 Å². The maximum atomic E-state index is 12.8. The first-order chi connectivity index (χ1) is 14.5. The summed E-state index contributed by atoms with van der Waals surface area (Å²) in [6.07, 6.45) is 2.26. The second-order valence-corrected chi connectivity index (χ2v) is 7.71. The molecule has 0 aliphatic heterocycles. The second kappa shape index (κ2) is 10.1. The third-order valence-corrected chi connectivity index (χ3v) is 5.17. The molecule has 0 aliphatic carbocycles. The van der Waals surface area contributed by atoms with Crippen LogP contribution in [0.2, 0.25) is 0 Å². The molecule has 0 amide bonds. The van der Waals surface area contributed by atoms with E-state index in [0.717, 1.165) is 18.4 Å². The molecule has 156 valence electrons. The number of carbonyl (C=O) groups is 1. The number of hydrogen-bond acceptors (Lipinski definition) is 3. The average molecular weight is 403 g/mol. The summed E-state index contributed by atoms with van der Waals surface area (Å²) in [5.74, 6) is 0.314. The van der Waals surface area contributed by atoms with Crippen LogP contribution in [0.1, 0.15) is 43.0 Å². The Labute approximate surface area is 179 Å². The summed E-state index contributed by atoms with van der Waals surface area (Å²) < 4.78 is 11.6. The molecule has 3 aromatic rings. The van der Waals surface area contributed by atoms with E-state index in [0.29, 0.717) is 18.8 Å². The van der Waals surface area contributed by atoms with Crippen LogP contribution in [0.4, 0.5) is 0 Å². The van der Waals surface area contributed by atoms with Crippen molar-refractivity contribution in [1.82, 2.24) is 0 Å². The van der Waals surface area contributed by atoms with Gasteiger partial charge in [0.15, 0.2) is 0 Å². The molecule has 0 spiro atoms. The van der Waals surface area contributed by atoms with Gasteiger partial charge in [-0.05, 0) is 61.1 Å². The molecule has 0 radical (unpaired) electrons. The number of hydrogen-bond donors (Lipinski definition) is 0. The Morgan fingerprint density at radius 1 is 0.800 bits per heavy atom. The van der Waals surface area contributed by atoms with Crippen molar-refractivity contribution in [3.05, 3.63) is 101 Å². The third kappa shape index (κ3) is 5.73. The molecule has 0 bridgehead atoms. The number of benzene rings is 3. The van der Waals surface area contributed by atoms with Crippen molar-refractivity contribution in [1.29, 1.82) is 0 Å². The van der Waals surface area contributed by atoms with Gasteiger partial charge in [0.2, 0.25) is 5.60 Å². The van der Waals surface area contributed by atoms with Gasteiger partial charge >= 0.3 is 5.97 Å². The van der Waals surface area contributed by atoms with E-state index < -0.39 is 5.60 Å². The van der Waals surface area contributed by atoms with E-state index in [2.05, 4.69) is 31.2 Å². The van der Waals surface area contributed by atoms with Crippen molar-refractivity contribution in [3.63, 3.8) is 0 Å². The van der Waals surface area contributed by atoms with E-state index in [1.54, 1.807) is 0 Å². The van der Waals surface area contributed by atoms with Gasteiger partial charge in [-0.2, -0.15) is 0 Å². The molecule has 1 unspecified atom stereocenters. The van der Waals surface area contributed by atoms with Crippen LogP contribution in [0.15, 0.2) is 78.9 Å². The summed E-state index contributed by atoms with van der Waals surface area (Å²) >= 11 is 0. The first kappa shape index (κ1) is 21.6. The van der Waals surface area contributed by atoms with Crippen LogP contribution >= 0.6 is 0 Å². The van der Waals surface area contributed by atoms with Gasteiger partial charge in [-0.15, -0.1) is 0 Å². The minimum atomic E-state index is -1.09. The molecule has 0 heterocycles. The molecular formula is C27H30O3. The third-order valence-electron chi connectivity index (χ3n) is 5.17. The molecule has 0 saturated heterocycles. The normalized spacial score (nSPS) is 12.8. The zero-order valence-corrected chi connectivity index (χ0v) is 18.1. The molecule has 0 N–H and O–H groups in total. The van der Waals surface area contributed by atoms with Gasteiger partial charge in [0.25, 0.3) is 0 Å². The molecule has 1 atom stereocenters. The lowest BCUT2D eigenvalue weighted by atomic mass is 9.94. The summed E-state index contributed by atoms with van der Waals surface area (Å²) in [6.45, 7) is 6.07. The zero-order valence-electron chi connectivity index (χ0n) is 18.1. The summed E-state index contributed by atoms with van der Waals surface area (Å²) in [5.41, 5.74) is 3.67. The number of ether oxygens (including phenoxy) is 2. The summed E-state index contributed by atoms with van der Waals surface area (Å²) in [7, 11) is 0. The fraction of sp³-hybridized carbons (Fsp3) is 0.296. The van der Waals surface area contributed by atoms with E-state index in [4.69, 9.17) is 9.47 Å². The summed E-state index contributed by atoms with van der Waals surface area (Å²) in [4.78, 5) is 12.8. The lowest BCUT2D eigenvalue weighted by molar-refractivity contribution is -0.160. The van der Waals surface area contributed by atoms with E-state index in [9.17, 15) is 4.79 Å². The van der Waals surface area contributed by atoms with Gasteiger partial charge in [0.05, 0.1) is 6.61 Å². The first-order valence-electron chi connectivity index (χ1n) is 10.6. The van der Waals surface area contributed by atoms with Crippen molar-refractivity contribution in [2.45, 2.75) is 45.6 Å². The highest BCUT2D eigenvalue weighted by Gasteiger charge is 2.37. The number of esters is 1. The molecular weight excluding hydrogens is 372 g/mol. The topological polar surface area (TPSA) is 35.5 Å². The van der Waals surface area contributed by atoms with Crippen LogP contribution in [0, 0.1) is 0 Å². The van der Waals surface area contributed by atoms with E-state index >= 15 is 0 Å². The number of rotatable bonds is 9. The molecule has 3 aromatic carbocycles. The fourth-order valence-corrected chi connectivity index (χ4v) is 3.55. The Morgan fingerprint density at radius 3 is 2.10 bits per heavy atom. The van der Waals surface area contributed by atoms with E-state index in [1.165, 1.54) is 16.7 Å². The van der Waals surface area contributed by atoms with Gasteiger partial charge in [-0.3, -0.25) is 0 Å². The number of aryl methyl sites for hydroxylation is 1. The van der Waals surface area contributed by atoms with Crippen LogP contribution in [0.25, 0.3) is 0 Å². The minimum Gasteiger partial charge on any atom is -0.476 e. The highest BCUT2D eigenvalue weighted by Crippen LogP contribution is 2.25. The maximum Gasteiger partial charge on any atom is 0.350 e. The van der Waals surface area contributed by atoms with Gasteiger partial charge < -0.3 is 9.47 Å². The Balaban J connectivity index is 1.77. The molecule has 0 aliphatic rings. The van der Waals surface area contributed by atoms with Crippen LogP contribution in [-0.4, -0.2) is 18.2 Å². The SMILES string of the molecule is CCOC(=O)C(C)(Cc1cccc(CC)c1)Oc1ccc(Cc2ccccc2)cc1. The monoisotopic (exact) mass is 402 g/mol. The molecule has 0 aromatic heterocycles. The maximum absolute atomic E-state index is 12.8. The lowest BCUT2D eigenvalue weighted by Gasteiger charge is -2.29. The predicted molar refractivity (Wildman–Crippen MR) is 121 cm³/mol. The number of carbonyl (C=O) groups excluding carboxylic acids is 1. The van der Waals surface area contributed by atoms with Crippen LogP contribution < -0.4 is 4.74 Å². The zero-order chi connectivity index (χ0) is 21.4. The van der Waals surface area contributed by atoms with Gasteiger partial charge in [-0.25, -0.2) is 4.79 Å². The fourth-order valence-electron chi connectivity index (χ4n) is 3.55. The second-order valence-electron chi connectivity index (χ2n) is 7.71. The summed E-state index contributed by atoms with van der Waals surface area (Å²) in [6, 6.07) is 26.6. The average Bonchev–Trinajstić information content (AvgIpc) is 2.76. The Bertz CT molecular complexity index is 947. The lowest BCUT2D eigenvalue weighted by Crippen LogP contribution is -2.45. The molecule has 0 saturated carbocycles. The molecule has 3 heteroatoms. The van der Waals surface area contributed by atoms with Gasteiger partial charge in [-0.1, -0.05) is 73.7 Å². The van der Waals surface area contributed by atoms with Crippen molar-refractivity contribution in [2.75, 3.05) is 6.61 Å². The van der Waals surface area contributed by atoms with Crippen molar-refractivity contribution in [3.8, 4) is 5.75 Å². The molecule has 30 heavy (non-hydrogen) atoms. The Morgan fingerprint density at radius 2 is 1.43 bits per heavy atom. The van der Waals surface area contributed by atoms with Crippen molar-refractivity contribution < 1.29 is 14.3 Å². The van der Waals surface area contributed by atoms with E-state index in [1.807, 2.05) is 68.4 Å².